The van der Waals surface area contributed by atoms with Crippen molar-refractivity contribution in [2.24, 2.45) is 11.8 Å². The van der Waals surface area contributed by atoms with Gasteiger partial charge in [-0.25, -0.2) is 4.98 Å². The van der Waals surface area contributed by atoms with E-state index in [-0.39, 0.29) is 29.1 Å². The van der Waals surface area contributed by atoms with Crippen LogP contribution in [-0.4, -0.2) is 63.0 Å². The standard InChI is InChI=1S/C24H33N5O2/c1-15(2)18-6-8-19(9-7-18)22(31)28-11-10-24(23-25-17(5)26-27-23)14-29(13-20(24)12-28)21(30)16(3)4/h6-9,15-16,20H,10-14H2,1-5H3,(H,25,26,27)/t20-,24-/m1/s1. The van der Waals surface area contributed by atoms with Crippen LogP contribution < -0.4 is 0 Å². The highest BCUT2D eigenvalue weighted by molar-refractivity contribution is 5.94. The summed E-state index contributed by atoms with van der Waals surface area (Å²) in [5.74, 6) is 2.28. The Bertz CT molecular complexity index is 965. The smallest absolute Gasteiger partial charge is 0.253 e. The lowest BCUT2D eigenvalue weighted by Crippen LogP contribution is -2.51. The van der Waals surface area contributed by atoms with E-state index in [0.29, 0.717) is 32.1 Å². The normalized spacial score (nSPS) is 23.5. The molecule has 1 aromatic carbocycles. The first-order valence-corrected chi connectivity index (χ1v) is 11.3. The molecule has 0 spiro atoms. The van der Waals surface area contributed by atoms with Crippen LogP contribution in [0.25, 0.3) is 0 Å². The zero-order chi connectivity index (χ0) is 22.3. The number of benzene rings is 1. The van der Waals surface area contributed by atoms with Crippen molar-refractivity contribution in [2.75, 3.05) is 26.2 Å². The van der Waals surface area contributed by atoms with Crippen LogP contribution in [0.3, 0.4) is 0 Å². The second-order valence-corrected chi connectivity index (χ2v) is 9.75. The number of piperidine rings is 1. The largest absolute Gasteiger partial charge is 0.341 e. The third-order valence-corrected chi connectivity index (χ3v) is 6.92. The lowest BCUT2D eigenvalue weighted by atomic mass is 9.71. The van der Waals surface area contributed by atoms with Gasteiger partial charge in [0.25, 0.3) is 5.91 Å². The van der Waals surface area contributed by atoms with Gasteiger partial charge in [-0.1, -0.05) is 39.8 Å². The van der Waals surface area contributed by atoms with E-state index in [1.165, 1.54) is 5.56 Å². The third kappa shape index (κ3) is 3.86. The Morgan fingerprint density at radius 2 is 1.77 bits per heavy atom. The summed E-state index contributed by atoms with van der Waals surface area (Å²) in [5, 5.41) is 7.46. The Labute approximate surface area is 184 Å². The first kappa shape index (κ1) is 21.5. The number of fused-ring (bicyclic) bond motifs is 1. The van der Waals surface area contributed by atoms with Crippen molar-refractivity contribution in [3.05, 3.63) is 47.0 Å². The molecule has 166 valence electrons. The maximum absolute atomic E-state index is 13.2. The Morgan fingerprint density at radius 1 is 1.10 bits per heavy atom. The molecule has 2 aromatic rings. The zero-order valence-corrected chi connectivity index (χ0v) is 19.2. The number of aryl methyl sites for hydroxylation is 1. The molecule has 3 heterocycles. The zero-order valence-electron chi connectivity index (χ0n) is 19.2. The average Bonchev–Trinajstić information content (AvgIpc) is 3.36. The molecule has 0 unspecified atom stereocenters. The molecule has 2 fully saturated rings. The molecule has 7 heteroatoms. The summed E-state index contributed by atoms with van der Waals surface area (Å²) in [6.45, 7) is 12.6. The second kappa shape index (κ2) is 8.09. The number of nitrogens with zero attached hydrogens (tertiary/aromatic N) is 4. The predicted molar refractivity (Wildman–Crippen MR) is 119 cm³/mol. The van der Waals surface area contributed by atoms with Crippen LogP contribution in [0.5, 0.6) is 0 Å². The van der Waals surface area contributed by atoms with Crippen molar-refractivity contribution in [3.8, 4) is 0 Å². The van der Waals surface area contributed by atoms with Gasteiger partial charge in [0.15, 0.2) is 5.82 Å². The van der Waals surface area contributed by atoms with Gasteiger partial charge in [0.1, 0.15) is 5.82 Å². The van der Waals surface area contributed by atoms with Crippen molar-refractivity contribution in [1.29, 1.82) is 0 Å². The quantitative estimate of drug-likeness (QED) is 0.819. The maximum atomic E-state index is 13.2. The summed E-state index contributed by atoms with van der Waals surface area (Å²) >= 11 is 0. The van der Waals surface area contributed by atoms with Crippen LogP contribution in [-0.2, 0) is 10.2 Å². The van der Waals surface area contributed by atoms with E-state index in [2.05, 4.69) is 29.0 Å². The van der Waals surface area contributed by atoms with Gasteiger partial charge in [-0.05, 0) is 37.0 Å². The molecule has 0 bridgehead atoms. The summed E-state index contributed by atoms with van der Waals surface area (Å²) in [6.07, 6.45) is 0.757. The fourth-order valence-electron chi connectivity index (χ4n) is 5.02. The molecule has 2 aliphatic rings. The van der Waals surface area contributed by atoms with E-state index in [4.69, 9.17) is 0 Å². The van der Waals surface area contributed by atoms with Gasteiger partial charge in [-0.15, -0.1) is 0 Å². The van der Waals surface area contributed by atoms with Gasteiger partial charge in [0.2, 0.25) is 5.91 Å². The molecule has 2 aliphatic heterocycles. The number of likely N-dealkylation sites (tertiary alicyclic amines) is 2. The summed E-state index contributed by atoms with van der Waals surface area (Å²) in [5.41, 5.74) is 1.65. The Hall–Kier alpha value is -2.70. The number of nitrogens with one attached hydrogen (secondary N) is 1. The van der Waals surface area contributed by atoms with Gasteiger partial charge < -0.3 is 9.80 Å². The van der Waals surface area contributed by atoms with Gasteiger partial charge in [-0.2, -0.15) is 5.10 Å². The number of carbonyl (C=O) groups excluding carboxylic acids is 2. The second-order valence-electron chi connectivity index (χ2n) is 9.75. The number of amides is 2. The highest BCUT2D eigenvalue weighted by Gasteiger charge is 2.54. The van der Waals surface area contributed by atoms with Crippen molar-refractivity contribution in [2.45, 2.75) is 52.4 Å². The maximum Gasteiger partial charge on any atom is 0.253 e. The molecule has 0 saturated carbocycles. The fraction of sp³-hybridized carbons (Fsp3) is 0.583. The highest BCUT2D eigenvalue weighted by Crippen LogP contribution is 2.44. The molecule has 1 N–H and O–H groups in total. The Kier molecular flexibility index (Phi) is 5.62. The monoisotopic (exact) mass is 423 g/mol. The van der Waals surface area contributed by atoms with Crippen LogP contribution in [0.4, 0.5) is 0 Å². The first-order valence-electron chi connectivity index (χ1n) is 11.3. The number of carbonyl (C=O) groups is 2. The molecule has 0 radical (unpaired) electrons. The summed E-state index contributed by atoms with van der Waals surface area (Å²) in [4.78, 5) is 34.6. The number of rotatable bonds is 4. The molecule has 7 nitrogen and oxygen atoms in total. The highest BCUT2D eigenvalue weighted by atomic mass is 16.2. The van der Waals surface area contributed by atoms with Crippen LogP contribution in [0.1, 0.15) is 67.6 Å². The minimum Gasteiger partial charge on any atom is -0.341 e. The molecule has 31 heavy (non-hydrogen) atoms. The predicted octanol–water partition coefficient (Wildman–Crippen LogP) is 3.13. The molecular weight excluding hydrogens is 390 g/mol. The van der Waals surface area contributed by atoms with Crippen molar-refractivity contribution in [3.63, 3.8) is 0 Å². The Balaban J connectivity index is 1.58. The molecule has 2 saturated heterocycles. The lowest BCUT2D eigenvalue weighted by Gasteiger charge is -2.41. The van der Waals surface area contributed by atoms with Crippen LogP contribution >= 0.6 is 0 Å². The number of H-pyrrole nitrogens is 1. The van der Waals surface area contributed by atoms with Gasteiger partial charge in [-0.3, -0.25) is 14.7 Å². The van der Waals surface area contributed by atoms with Crippen LogP contribution in [0, 0.1) is 18.8 Å². The van der Waals surface area contributed by atoms with Gasteiger partial charge in [0, 0.05) is 43.6 Å². The van der Waals surface area contributed by atoms with Crippen molar-refractivity contribution in [1.82, 2.24) is 25.0 Å². The third-order valence-electron chi connectivity index (χ3n) is 6.92. The number of aromatic nitrogens is 3. The van der Waals surface area contributed by atoms with E-state index in [9.17, 15) is 9.59 Å². The van der Waals surface area contributed by atoms with Crippen molar-refractivity contribution < 1.29 is 9.59 Å². The molecule has 4 rings (SSSR count). The molecule has 2 atom stereocenters. The van der Waals surface area contributed by atoms with Crippen LogP contribution in [0.15, 0.2) is 24.3 Å². The van der Waals surface area contributed by atoms with E-state index in [1.807, 2.05) is 54.8 Å². The van der Waals surface area contributed by atoms with E-state index >= 15 is 0 Å². The molecule has 0 aliphatic carbocycles. The van der Waals surface area contributed by atoms with Crippen molar-refractivity contribution >= 4 is 11.8 Å². The summed E-state index contributed by atoms with van der Waals surface area (Å²) in [7, 11) is 0. The lowest BCUT2D eigenvalue weighted by molar-refractivity contribution is -0.133. The van der Waals surface area contributed by atoms with E-state index in [0.717, 1.165) is 23.6 Å². The van der Waals surface area contributed by atoms with Gasteiger partial charge in [0.05, 0.1) is 5.41 Å². The average molecular weight is 424 g/mol. The molecule has 1 aromatic heterocycles. The SMILES string of the molecule is Cc1nc([C@@]23CCN(C(=O)c4ccc(C(C)C)cc4)C[C@@H]2CN(C(=O)C(C)C)C3)n[nH]1. The topological polar surface area (TPSA) is 82.2 Å². The number of hydrogen-bond acceptors (Lipinski definition) is 4. The number of hydrogen-bond donors (Lipinski definition) is 1. The fourth-order valence-corrected chi connectivity index (χ4v) is 5.02. The van der Waals surface area contributed by atoms with Crippen LogP contribution in [0.2, 0.25) is 0 Å². The minimum atomic E-state index is -0.298. The Morgan fingerprint density at radius 3 is 2.35 bits per heavy atom. The molecular formula is C24H33N5O2. The van der Waals surface area contributed by atoms with Gasteiger partial charge >= 0.3 is 0 Å². The molecule has 2 amide bonds. The summed E-state index contributed by atoms with van der Waals surface area (Å²) in [6, 6.07) is 7.95. The minimum absolute atomic E-state index is 0.0525. The number of aromatic amines is 1. The first-order chi connectivity index (χ1) is 14.7. The van der Waals surface area contributed by atoms with E-state index < -0.39 is 0 Å². The summed E-state index contributed by atoms with van der Waals surface area (Å²) < 4.78 is 0. The van der Waals surface area contributed by atoms with E-state index in [1.54, 1.807) is 0 Å².